The first-order valence-corrected chi connectivity index (χ1v) is 6.71. The Morgan fingerprint density at radius 3 is 2.63 bits per heavy atom. The number of methoxy groups -OCH3 is 1. The van der Waals surface area contributed by atoms with E-state index in [4.69, 9.17) is 9.84 Å². The van der Waals surface area contributed by atoms with E-state index in [1.165, 1.54) is 0 Å². The Bertz CT molecular complexity index is 368. The van der Waals surface area contributed by atoms with Gasteiger partial charge in [0.1, 0.15) is 17.5 Å². The molecule has 6 heteroatoms. The van der Waals surface area contributed by atoms with Gasteiger partial charge < -0.3 is 20.5 Å². The molecule has 0 aliphatic carbocycles. The van der Waals surface area contributed by atoms with Crippen LogP contribution in [-0.4, -0.2) is 48.0 Å². The molecule has 0 saturated heterocycles. The van der Waals surface area contributed by atoms with Crippen LogP contribution in [0.15, 0.2) is 6.07 Å². The zero-order valence-corrected chi connectivity index (χ0v) is 11.9. The number of aromatic nitrogens is 2. The summed E-state index contributed by atoms with van der Waals surface area (Å²) in [6, 6.07) is 1.92. The van der Waals surface area contributed by atoms with Gasteiger partial charge >= 0.3 is 0 Å². The van der Waals surface area contributed by atoms with Gasteiger partial charge in [-0.15, -0.1) is 0 Å². The molecule has 1 aromatic rings. The summed E-state index contributed by atoms with van der Waals surface area (Å²) in [4.78, 5) is 8.84. The van der Waals surface area contributed by atoms with Gasteiger partial charge in [-0.05, 0) is 13.3 Å². The van der Waals surface area contributed by atoms with E-state index in [0.717, 1.165) is 30.4 Å². The van der Waals surface area contributed by atoms with Gasteiger partial charge in [0.15, 0.2) is 0 Å². The van der Waals surface area contributed by atoms with Gasteiger partial charge in [-0.1, -0.05) is 6.92 Å². The maximum Gasteiger partial charge on any atom is 0.132 e. The molecule has 0 bridgehead atoms. The smallest absolute Gasteiger partial charge is 0.132 e. The highest BCUT2D eigenvalue weighted by Gasteiger charge is 2.10. The zero-order valence-electron chi connectivity index (χ0n) is 11.9. The fourth-order valence-electron chi connectivity index (χ4n) is 1.76. The molecule has 0 spiro atoms. The molecule has 1 atom stereocenters. The van der Waals surface area contributed by atoms with Crippen LogP contribution in [0, 0.1) is 0 Å². The summed E-state index contributed by atoms with van der Waals surface area (Å²) in [5.41, 5.74) is 0. The topological polar surface area (TPSA) is 79.3 Å². The molecular weight excluding hydrogens is 244 g/mol. The van der Waals surface area contributed by atoms with E-state index >= 15 is 0 Å². The molecule has 0 amide bonds. The monoisotopic (exact) mass is 268 g/mol. The minimum atomic E-state index is 0.0454. The van der Waals surface area contributed by atoms with Crippen LogP contribution in [0.3, 0.4) is 0 Å². The number of ether oxygens (including phenoxy) is 1. The van der Waals surface area contributed by atoms with Gasteiger partial charge in [-0.25, -0.2) is 9.97 Å². The molecule has 0 fully saturated rings. The summed E-state index contributed by atoms with van der Waals surface area (Å²) in [5.74, 6) is 2.37. The molecule has 6 nitrogen and oxygen atoms in total. The normalized spacial score (nSPS) is 12.2. The quantitative estimate of drug-likeness (QED) is 0.626. The van der Waals surface area contributed by atoms with Gasteiger partial charge in [0.2, 0.25) is 0 Å². The number of hydrogen-bond acceptors (Lipinski definition) is 6. The van der Waals surface area contributed by atoms with E-state index in [2.05, 4.69) is 20.6 Å². The first-order chi connectivity index (χ1) is 9.23. The van der Waals surface area contributed by atoms with Crippen molar-refractivity contribution in [3.8, 4) is 0 Å². The van der Waals surface area contributed by atoms with Crippen molar-refractivity contribution in [2.75, 3.05) is 37.5 Å². The number of aryl methyl sites for hydroxylation is 1. The van der Waals surface area contributed by atoms with E-state index in [-0.39, 0.29) is 12.6 Å². The second kappa shape index (κ2) is 8.66. The maximum atomic E-state index is 9.04. The molecule has 0 aliphatic rings. The predicted molar refractivity (Wildman–Crippen MR) is 76.6 cm³/mol. The number of aliphatic hydroxyl groups is 1. The van der Waals surface area contributed by atoms with Crippen molar-refractivity contribution in [2.24, 2.45) is 0 Å². The Balaban J connectivity index is 2.81. The second-order valence-electron chi connectivity index (χ2n) is 4.25. The van der Waals surface area contributed by atoms with Crippen LogP contribution < -0.4 is 10.6 Å². The van der Waals surface area contributed by atoms with Crippen LogP contribution >= 0.6 is 0 Å². The third kappa shape index (κ3) is 5.40. The van der Waals surface area contributed by atoms with Crippen LogP contribution in [0.5, 0.6) is 0 Å². The Morgan fingerprint density at radius 1 is 1.32 bits per heavy atom. The Labute approximate surface area is 114 Å². The van der Waals surface area contributed by atoms with E-state index in [1.807, 2.05) is 19.9 Å². The average molecular weight is 268 g/mol. The Morgan fingerprint density at radius 2 is 2.05 bits per heavy atom. The number of hydrogen-bond donors (Lipinski definition) is 3. The van der Waals surface area contributed by atoms with Crippen molar-refractivity contribution in [1.29, 1.82) is 0 Å². The molecule has 0 aliphatic heterocycles. The first kappa shape index (κ1) is 15.7. The van der Waals surface area contributed by atoms with Gasteiger partial charge in [-0.3, -0.25) is 0 Å². The molecular formula is C13H24N4O2. The Kier molecular flexibility index (Phi) is 7.14. The van der Waals surface area contributed by atoms with Crippen molar-refractivity contribution in [3.05, 3.63) is 11.9 Å². The van der Waals surface area contributed by atoms with Crippen LogP contribution in [-0.2, 0) is 11.2 Å². The minimum absolute atomic E-state index is 0.0454. The van der Waals surface area contributed by atoms with Crippen molar-refractivity contribution >= 4 is 11.6 Å². The molecule has 1 unspecified atom stereocenters. The maximum absolute atomic E-state index is 9.04. The van der Waals surface area contributed by atoms with Crippen LogP contribution in [0.2, 0.25) is 0 Å². The first-order valence-electron chi connectivity index (χ1n) is 6.71. The number of rotatable bonds is 9. The van der Waals surface area contributed by atoms with Gasteiger partial charge in [0.05, 0.1) is 12.6 Å². The third-order valence-electron chi connectivity index (χ3n) is 2.64. The van der Waals surface area contributed by atoms with Gasteiger partial charge in [-0.2, -0.15) is 0 Å². The van der Waals surface area contributed by atoms with Crippen molar-refractivity contribution in [3.63, 3.8) is 0 Å². The number of aliphatic hydroxyl groups excluding tert-OH is 1. The number of nitrogens with zero attached hydrogens (tertiary/aromatic N) is 2. The van der Waals surface area contributed by atoms with Gasteiger partial charge in [0.25, 0.3) is 0 Å². The van der Waals surface area contributed by atoms with E-state index in [9.17, 15) is 0 Å². The lowest BCUT2D eigenvalue weighted by atomic mass is 10.2. The highest BCUT2D eigenvalue weighted by atomic mass is 16.5. The molecule has 1 rings (SSSR count). The van der Waals surface area contributed by atoms with Crippen LogP contribution in [0.1, 0.15) is 26.1 Å². The lowest BCUT2D eigenvalue weighted by molar-refractivity contribution is 0.170. The third-order valence-corrected chi connectivity index (χ3v) is 2.64. The fourth-order valence-corrected chi connectivity index (χ4v) is 1.76. The summed E-state index contributed by atoms with van der Waals surface area (Å²) in [6.07, 6.45) is 1.40. The Hall–Kier alpha value is -1.40. The minimum Gasteiger partial charge on any atom is -0.396 e. The summed E-state index contributed by atoms with van der Waals surface area (Å²) >= 11 is 0. The highest BCUT2D eigenvalue weighted by molar-refractivity contribution is 5.48. The summed E-state index contributed by atoms with van der Waals surface area (Å²) in [5, 5.41) is 15.5. The molecule has 3 N–H and O–H groups in total. The fraction of sp³-hybridized carbons (Fsp3) is 0.692. The van der Waals surface area contributed by atoms with Crippen molar-refractivity contribution in [2.45, 2.75) is 32.7 Å². The van der Waals surface area contributed by atoms with Crippen LogP contribution in [0.4, 0.5) is 11.6 Å². The van der Waals surface area contributed by atoms with E-state index in [1.54, 1.807) is 7.11 Å². The standard InChI is InChI=1S/C13H24N4O2/c1-4-11-16-12(14-5-2)8-13(17-11)15-10(6-7-18)9-19-3/h8,10,18H,4-7,9H2,1-3H3,(H2,14,15,16,17). The zero-order chi connectivity index (χ0) is 14.1. The molecule has 0 radical (unpaired) electrons. The summed E-state index contributed by atoms with van der Waals surface area (Å²) < 4.78 is 5.13. The molecule has 0 saturated carbocycles. The lowest BCUT2D eigenvalue weighted by Crippen LogP contribution is -2.27. The molecule has 19 heavy (non-hydrogen) atoms. The van der Waals surface area contributed by atoms with Crippen molar-refractivity contribution in [1.82, 2.24) is 9.97 Å². The van der Waals surface area contributed by atoms with Crippen molar-refractivity contribution < 1.29 is 9.84 Å². The molecule has 0 aromatic carbocycles. The molecule has 1 heterocycles. The average Bonchev–Trinajstić information content (AvgIpc) is 2.39. The number of nitrogens with one attached hydrogen (secondary N) is 2. The molecule has 1 aromatic heterocycles. The number of anilines is 2. The highest BCUT2D eigenvalue weighted by Crippen LogP contribution is 2.13. The predicted octanol–water partition coefficient (Wildman–Crippen LogP) is 1.28. The van der Waals surface area contributed by atoms with Crippen LogP contribution in [0.25, 0.3) is 0 Å². The summed E-state index contributed by atoms with van der Waals surface area (Å²) in [6.45, 7) is 5.52. The van der Waals surface area contributed by atoms with Gasteiger partial charge in [0, 0.05) is 32.7 Å². The lowest BCUT2D eigenvalue weighted by Gasteiger charge is -2.18. The largest absolute Gasteiger partial charge is 0.396 e. The van der Waals surface area contributed by atoms with E-state index < -0.39 is 0 Å². The SMILES string of the molecule is CCNc1cc(NC(CCO)COC)nc(CC)n1. The summed E-state index contributed by atoms with van der Waals surface area (Å²) in [7, 11) is 1.65. The second-order valence-corrected chi connectivity index (χ2v) is 4.25. The van der Waals surface area contributed by atoms with E-state index in [0.29, 0.717) is 13.0 Å². The molecule has 108 valence electrons.